The second-order valence-electron chi connectivity index (χ2n) is 4.44. The molecule has 0 heterocycles. The van der Waals surface area contributed by atoms with Gasteiger partial charge in [0.25, 0.3) is 0 Å². The monoisotopic (exact) mass is 267 g/mol. The molecule has 1 rings (SSSR count). The largest absolute Gasteiger partial charge is 0.497 e. The highest BCUT2D eigenvalue weighted by atomic mass is 16.5. The third-order valence-corrected chi connectivity index (χ3v) is 3.33. The van der Waals surface area contributed by atoms with Crippen molar-refractivity contribution in [3.63, 3.8) is 0 Å². The van der Waals surface area contributed by atoms with E-state index in [1.54, 1.807) is 21.3 Å². The van der Waals surface area contributed by atoms with Crippen LogP contribution < -0.4 is 14.8 Å². The fraction of sp³-hybridized carbons (Fsp3) is 0.600. The zero-order chi connectivity index (χ0) is 14.3. The van der Waals surface area contributed by atoms with Crippen molar-refractivity contribution in [3.8, 4) is 11.5 Å². The first-order valence-electron chi connectivity index (χ1n) is 6.63. The fourth-order valence-corrected chi connectivity index (χ4v) is 2.33. The summed E-state index contributed by atoms with van der Waals surface area (Å²) in [5.74, 6) is 1.67. The minimum Gasteiger partial charge on any atom is -0.497 e. The van der Waals surface area contributed by atoms with Gasteiger partial charge >= 0.3 is 0 Å². The van der Waals surface area contributed by atoms with E-state index in [1.165, 1.54) is 0 Å². The van der Waals surface area contributed by atoms with E-state index in [4.69, 9.17) is 14.2 Å². The van der Waals surface area contributed by atoms with Crippen LogP contribution in [0.2, 0.25) is 0 Å². The van der Waals surface area contributed by atoms with Gasteiger partial charge in [-0.05, 0) is 31.7 Å². The summed E-state index contributed by atoms with van der Waals surface area (Å²) in [6.07, 6.45) is 2.17. The molecule has 0 fully saturated rings. The quantitative estimate of drug-likeness (QED) is 0.786. The minimum atomic E-state index is 0.0787. The normalized spacial score (nSPS) is 13.9. The average Bonchev–Trinajstić information content (AvgIpc) is 2.46. The SMILES string of the molecule is CCCC(OC)C(NC)c1cc(OC)ccc1OC. The zero-order valence-corrected chi connectivity index (χ0v) is 12.5. The number of hydrogen-bond acceptors (Lipinski definition) is 4. The van der Waals surface area contributed by atoms with Crippen molar-refractivity contribution in [1.82, 2.24) is 5.32 Å². The number of benzene rings is 1. The molecule has 0 aliphatic rings. The zero-order valence-electron chi connectivity index (χ0n) is 12.5. The van der Waals surface area contributed by atoms with Crippen LogP contribution in [0.3, 0.4) is 0 Å². The minimum absolute atomic E-state index is 0.0787. The molecule has 19 heavy (non-hydrogen) atoms. The molecule has 108 valence electrons. The Kier molecular flexibility index (Phi) is 6.67. The summed E-state index contributed by atoms with van der Waals surface area (Å²) >= 11 is 0. The molecule has 2 atom stereocenters. The van der Waals surface area contributed by atoms with Crippen molar-refractivity contribution >= 4 is 0 Å². The van der Waals surface area contributed by atoms with Crippen LogP contribution in [0.15, 0.2) is 18.2 Å². The van der Waals surface area contributed by atoms with Crippen molar-refractivity contribution in [2.75, 3.05) is 28.4 Å². The van der Waals surface area contributed by atoms with E-state index >= 15 is 0 Å². The van der Waals surface area contributed by atoms with Gasteiger partial charge in [0, 0.05) is 12.7 Å². The summed E-state index contributed by atoms with van der Waals surface area (Å²) in [4.78, 5) is 0. The molecular formula is C15H25NO3. The molecular weight excluding hydrogens is 242 g/mol. The lowest BCUT2D eigenvalue weighted by atomic mass is 9.97. The molecule has 0 bridgehead atoms. The van der Waals surface area contributed by atoms with Gasteiger partial charge in [0.15, 0.2) is 0 Å². The van der Waals surface area contributed by atoms with Gasteiger partial charge < -0.3 is 19.5 Å². The summed E-state index contributed by atoms with van der Waals surface area (Å²) in [6.45, 7) is 2.15. The van der Waals surface area contributed by atoms with Crippen LogP contribution in [-0.4, -0.2) is 34.5 Å². The van der Waals surface area contributed by atoms with Crippen molar-refractivity contribution < 1.29 is 14.2 Å². The summed E-state index contributed by atoms with van der Waals surface area (Å²) < 4.78 is 16.4. The van der Waals surface area contributed by atoms with Gasteiger partial charge in [-0.1, -0.05) is 13.3 Å². The highest BCUT2D eigenvalue weighted by Gasteiger charge is 2.24. The fourth-order valence-electron chi connectivity index (χ4n) is 2.33. The molecule has 4 heteroatoms. The van der Waals surface area contributed by atoms with E-state index in [0.29, 0.717) is 0 Å². The second-order valence-corrected chi connectivity index (χ2v) is 4.44. The number of hydrogen-bond donors (Lipinski definition) is 1. The van der Waals surface area contributed by atoms with Crippen LogP contribution in [0.4, 0.5) is 0 Å². The first-order chi connectivity index (χ1) is 9.21. The maximum absolute atomic E-state index is 5.61. The van der Waals surface area contributed by atoms with Gasteiger partial charge in [0.1, 0.15) is 11.5 Å². The van der Waals surface area contributed by atoms with Gasteiger partial charge in [-0.25, -0.2) is 0 Å². The lowest BCUT2D eigenvalue weighted by molar-refractivity contribution is 0.0622. The third-order valence-electron chi connectivity index (χ3n) is 3.33. The van der Waals surface area contributed by atoms with Crippen molar-refractivity contribution in [1.29, 1.82) is 0 Å². The van der Waals surface area contributed by atoms with E-state index < -0.39 is 0 Å². The highest BCUT2D eigenvalue weighted by molar-refractivity contribution is 5.42. The summed E-state index contributed by atoms with van der Waals surface area (Å²) in [5, 5.41) is 3.32. The van der Waals surface area contributed by atoms with Crippen LogP contribution in [0.1, 0.15) is 31.4 Å². The predicted molar refractivity (Wildman–Crippen MR) is 77.1 cm³/mol. The third kappa shape index (κ3) is 3.85. The molecule has 1 aromatic rings. The second kappa shape index (κ2) is 8.02. The Morgan fingerprint density at radius 2 is 1.89 bits per heavy atom. The molecule has 0 amide bonds. The lowest BCUT2D eigenvalue weighted by Gasteiger charge is -2.27. The number of methoxy groups -OCH3 is 3. The Hall–Kier alpha value is -1.26. The Labute approximate surface area is 116 Å². The number of nitrogens with one attached hydrogen (secondary N) is 1. The topological polar surface area (TPSA) is 39.7 Å². The molecule has 0 radical (unpaired) electrons. The van der Waals surface area contributed by atoms with Crippen LogP contribution in [-0.2, 0) is 4.74 Å². The molecule has 0 aliphatic heterocycles. The molecule has 1 N–H and O–H groups in total. The number of rotatable bonds is 8. The van der Waals surface area contributed by atoms with Crippen molar-refractivity contribution in [3.05, 3.63) is 23.8 Å². The molecule has 4 nitrogen and oxygen atoms in total. The molecule has 1 aromatic carbocycles. The van der Waals surface area contributed by atoms with Crippen LogP contribution in [0.25, 0.3) is 0 Å². The number of likely N-dealkylation sites (N-methyl/N-ethyl adjacent to an activating group) is 1. The average molecular weight is 267 g/mol. The van der Waals surface area contributed by atoms with Gasteiger partial charge in [0.05, 0.1) is 26.4 Å². The molecule has 0 aromatic heterocycles. The summed E-state index contributed by atoms with van der Waals surface area (Å²) in [6, 6.07) is 5.91. The smallest absolute Gasteiger partial charge is 0.124 e. The van der Waals surface area contributed by atoms with Crippen molar-refractivity contribution in [2.24, 2.45) is 0 Å². The van der Waals surface area contributed by atoms with Gasteiger partial charge in [0.2, 0.25) is 0 Å². The van der Waals surface area contributed by atoms with E-state index in [-0.39, 0.29) is 12.1 Å². The van der Waals surface area contributed by atoms with Crippen LogP contribution in [0, 0.1) is 0 Å². The standard InChI is InChI=1S/C15H25NO3/c1-6-7-14(19-5)15(16-2)12-10-11(17-3)8-9-13(12)18-4/h8-10,14-16H,6-7H2,1-5H3. The first kappa shape index (κ1) is 15.8. The number of ether oxygens (including phenoxy) is 3. The Morgan fingerprint density at radius 3 is 2.37 bits per heavy atom. The van der Waals surface area contributed by atoms with Gasteiger partial charge in [-0.3, -0.25) is 0 Å². The molecule has 0 spiro atoms. The van der Waals surface area contributed by atoms with Gasteiger partial charge in [-0.2, -0.15) is 0 Å². The Morgan fingerprint density at radius 1 is 1.16 bits per heavy atom. The van der Waals surface area contributed by atoms with Crippen LogP contribution >= 0.6 is 0 Å². The maximum Gasteiger partial charge on any atom is 0.124 e. The van der Waals surface area contributed by atoms with E-state index in [2.05, 4.69) is 12.2 Å². The van der Waals surface area contributed by atoms with Crippen LogP contribution in [0.5, 0.6) is 11.5 Å². The Bertz CT molecular complexity index is 382. The maximum atomic E-state index is 5.61. The molecule has 0 saturated heterocycles. The van der Waals surface area contributed by atoms with E-state index in [9.17, 15) is 0 Å². The van der Waals surface area contributed by atoms with Gasteiger partial charge in [-0.15, -0.1) is 0 Å². The molecule has 0 aliphatic carbocycles. The first-order valence-corrected chi connectivity index (χ1v) is 6.63. The lowest BCUT2D eigenvalue weighted by Crippen LogP contribution is -2.31. The van der Waals surface area contributed by atoms with E-state index in [1.807, 2.05) is 25.2 Å². The summed E-state index contributed by atoms with van der Waals surface area (Å²) in [5.41, 5.74) is 1.06. The molecule has 0 saturated carbocycles. The van der Waals surface area contributed by atoms with Crippen molar-refractivity contribution in [2.45, 2.75) is 31.9 Å². The molecule has 2 unspecified atom stereocenters. The van der Waals surface area contributed by atoms with E-state index in [0.717, 1.165) is 29.9 Å². The summed E-state index contributed by atoms with van der Waals surface area (Å²) in [7, 11) is 7.03. The predicted octanol–water partition coefficient (Wildman–Crippen LogP) is 2.78. The Balaban J connectivity index is 3.13. The highest BCUT2D eigenvalue weighted by Crippen LogP contribution is 2.32.